The Balaban J connectivity index is 1.50. The zero-order chi connectivity index (χ0) is 21.5. The summed E-state index contributed by atoms with van der Waals surface area (Å²) in [6.45, 7) is 2.81. The number of methoxy groups -OCH3 is 1. The number of carbonyl (C=O) groups is 1. The molecule has 1 atom stereocenters. The molecule has 1 aromatic heterocycles. The number of nitrogens with one attached hydrogen (secondary N) is 1. The van der Waals surface area contributed by atoms with E-state index in [1.807, 2.05) is 31.2 Å². The van der Waals surface area contributed by atoms with E-state index in [0.29, 0.717) is 22.6 Å². The Morgan fingerprint density at radius 1 is 1.23 bits per heavy atom. The minimum atomic E-state index is -0.328. The molecule has 3 rings (SSSR count). The van der Waals surface area contributed by atoms with Gasteiger partial charge in [0.2, 0.25) is 11.0 Å². The van der Waals surface area contributed by atoms with Crippen LogP contribution >= 0.6 is 23.1 Å². The summed E-state index contributed by atoms with van der Waals surface area (Å²) in [4.78, 5) is 14.2. The quantitative estimate of drug-likeness (QED) is 0.490. The molecule has 0 aliphatic heterocycles. The number of nitrogens with zero attached hydrogens (tertiary/aromatic N) is 3. The van der Waals surface area contributed by atoms with Gasteiger partial charge in [0.25, 0.3) is 0 Å². The van der Waals surface area contributed by atoms with Gasteiger partial charge in [0.1, 0.15) is 11.6 Å². The van der Waals surface area contributed by atoms with Crippen molar-refractivity contribution < 1.29 is 13.9 Å². The van der Waals surface area contributed by atoms with E-state index in [4.69, 9.17) is 4.74 Å². The zero-order valence-electron chi connectivity index (χ0n) is 17.0. The fraction of sp³-hybridized carbons (Fsp3) is 0.286. The monoisotopic (exact) mass is 446 g/mol. The van der Waals surface area contributed by atoms with E-state index < -0.39 is 0 Å². The number of hydrogen-bond donors (Lipinski definition) is 1. The lowest BCUT2D eigenvalue weighted by molar-refractivity contribution is -0.129. The van der Waals surface area contributed by atoms with Crippen LogP contribution in [0.15, 0.2) is 52.9 Å². The molecule has 0 spiro atoms. The van der Waals surface area contributed by atoms with E-state index in [0.717, 1.165) is 16.9 Å². The molecule has 158 valence electrons. The van der Waals surface area contributed by atoms with Crippen LogP contribution in [-0.4, -0.2) is 40.4 Å². The summed E-state index contributed by atoms with van der Waals surface area (Å²) in [5.74, 6) is 0.459. The van der Waals surface area contributed by atoms with E-state index >= 15 is 0 Å². The Kier molecular flexibility index (Phi) is 7.64. The van der Waals surface area contributed by atoms with Crippen molar-refractivity contribution in [2.45, 2.75) is 29.6 Å². The molecule has 0 bridgehead atoms. The second-order valence-corrected chi connectivity index (χ2v) is 9.22. The molecule has 0 aliphatic carbocycles. The minimum Gasteiger partial charge on any atom is -0.497 e. The summed E-state index contributed by atoms with van der Waals surface area (Å²) in [5, 5.41) is 11.9. The van der Waals surface area contributed by atoms with Gasteiger partial charge in [-0.1, -0.05) is 47.4 Å². The highest BCUT2D eigenvalue weighted by Gasteiger charge is 2.21. The van der Waals surface area contributed by atoms with Gasteiger partial charge in [0, 0.05) is 20.1 Å². The maximum Gasteiger partial charge on any atom is 0.235 e. The smallest absolute Gasteiger partial charge is 0.235 e. The molecular formula is C21H23FN4O2S2. The standard InChI is InChI=1S/C21H23FN4O2S2/c1-14(19(27)26(2)13-16-5-4-6-17(22)11-16)29-21-25-24-20(30-21)23-12-15-7-9-18(28-3)10-8-15/h4-11,14H,12-13H2,1-3H3,(H,23,24). The summed E-state index contributed by atoms with van der Waals surface area (Å²) < 4.78 is 19.2. The summed E-state index contributed by atoms with van der Waals surface area (Å²) >= 11 is 2.77. The first-order chi connectivity index (χ1) is 14.4. The van der Waals surface area contributed by atoms with E-state index in [9.17, 15) is 9.18 Å². The van der Waals surface area contributed by atoms with E-state index in [-0.39, 0.29) is 17.0 Å². The molecule has 1 N–H and O–H groups in total. The molecule has 0 saturated heterocycles. The lowest BCUT2D eigenvalue weighted by atomic mass is 10.2. The Bertz CT molecular complexity index is 981. The van der Waals surface area contributed by atoms with E-state index in [2.05, 4.69) is 15.5 Å². The van der Waals surface area contributed by atoms with Gasteiger partial charge in [0.15, 0.2) is 4.34 Å². The third-order valence-corrected chi connectivity index (χ3v) is 6.37. The lowest BCUT2D eigenvalue weighted by Crippen LogP contribution is -2.32. The van der Waals surface area contributed by atoms with E-state index in [1.54, 1.807) is 31.2 Å². The summed E-state index contributed by atoms with van der Waals surface area (Å²) in [5.41, 5.74) is 1.85. The number of carbonyl (C=O) groups excluding carboxylic acids is 1. The predicted molar refractivity (Wildman–Crippen MR) is 118 cm³/mol. The molecule has 1 unspecified atom stereocenters. The topological polar surface area (TPSA) is 67.3 Å². The van der Waals surface area contributed by atoms with Crippen molar-refractivity contribution >= 4 is 34.1 Å². The number of benzene rings is 2. The summed E-state index contributed by atoms with van der Waals surface area (Å²) in [6.07, 6.45) is 0. The summed E-state index contributed by atoms with van der Waals surface area (Å²) in [7, 11) is 3.35. The highest BCUT2D eigenvalue weighted by molar-refractivity contribution is 8.02. The first-order valence-corrected chi connectivity index (χ1v) is 11.0. The number of aromatic nitrogens is 2. The maximum atomic E-state index is 13.3. The number of anilines is 1. The largest absolute Gasteiger partial charge is 0.497 e. The van der Waals surface area contributed by atoms with Crippen LogP contribution in [0.5, 0.6) is 5.75 Å². The van der Waals surface area contributed by atoms with Crippen molar-refractivity contribution in [2.24, 2.45) is 0 Å². The highest BCUT2D eigenvalue weighted by atomic mass is 32.2. The van der Waals surface area contributed by atoms with Gasteiger partial charge in [-0.05, 0) is 42.3 Å². The van der Waals surface area contributed by atoms with Crippen LogP contribution in [0, 0.1) is 5.82 Å². The first-order valence-electron chi connectivity index (χ1n) is 9.31. The van der Waals surface area contributed by atoms with Crippen molar-refractivity contribution in [1.82, 2.24) is 15.1 Å². The minimum absolute atomic E-state index is 0.0489. The molecule has 30 heavy (non-hydrogen) atoms. The fourth-order valence-electron chi connectivity index (χ4n) is 2.75. The van der Waals surface area contributed by atoms with Crippen molar-refractivity contribution in [1.29, 1.82) is 0 Å². The second kappa shape index (κ2) is 10.4. The average molecular weight is 447 g/mol. The van der Waals surface area contributed by atoms with Crippen LogP contribution in [0.3, 0.4) is 0 Å². The molecule has 1 heterocycles. The number of rotatable bonds is 9. The molecule has 2 aromatic carbocycles. The number of thioether (sulfide) groups is 1. The highest BCUT2D eigenvalue weighted by Crippen LogP contribution is 2.30. The zero-order valence-corrected chi connectivity index (χ0v) is 18.6. The molecule has 0 fully saturated rings. The maximum absolute atomic E-state index is 13.3. The van der Waals surface area contributed by atoms with Crippen molar-refractivity contribution in [3.63, 3.8) is 0 Å². The summed E-state index contributed by atoms with van der Waals surface area (Å²) in [6, 6.07) is 14.1. The van der Waals surface area contributed by atoms with Gasteiger partial charge in [-0.15, -0.1) is 10.2 Å². The van der Waals surface area contributed by atoms with Crippen LogP contribution in [0.4, 0.5) is 9.52 Å². The van der Waals surface area contributed by atoms with Crippen LogP contribution in [0.1, 0.15) is 18.1 Å². The van der Waals surface area contributed by atoms with Gasteiger partial charge >= 0.3 is 0 Å². The lowest BCUT2D eigenvalue weighted by Gasteiger charge is -2.20. The Hall–Kier alpha value is -2.65. The van der Waals surface area contributed by atoms with Crippen LogP contribution in [0.2, 0.25) is 0 Å². The average Bonchev–Trinajstić information content (AvgIpc) is 3.19. The molecule has 0 radical (unpaired) electrons. The number of ether oxygens (including phenoxy) is 1. The molecule has 0 saturated carbocycles. The van der Waals surface area contributed by atoms with Crippen molar-refractivity contribution in [2.75, 3.05) is 19.5 Å². The Morgan fingerprint density at radius 2 is 2.00 bits per heavy atom. The normalized spacial score (nSPS) is 11.7. The van der Waals surface area contributed by atoms with Gasteiger partial charge in [0.05, 0.1) is 12.4 Å². The van der Waals surface area contributed by atoms with Crippen molar-refractivity contribution in [3.8, 4) is 5.75 Å². The van der Waals surface area contributed by atoms with E-state index in [1.165, 1.54) is 35.2 Å². The van der Waals surface area contributed by atoms with Crippen LogP contribution in [0.25, 0.3) is 0 Å². The SMILES string of the molecule is COc1ccc(CNc2nnc(SC(C)C(=O)N(C)Cc3cccc(F)c3)s2)cc1. The predicted octanol–water partition coefficient (Wildman–Crippen LogP) is 4.44. The number of hydrogen-bond acceptors (Lipinski definition) is 7. The Morgan fingerprint density at radius 3 is 2.70 bits per heavy atom. The number of amides is 1. The van der Waals surface area contributed by atoms with Crippen molar-refractivity contribution in [3.05, 3.63) is 65.5 Å². The van der Waals surface area contributed by atoms with Crippen LogP contribution in [-0.2, 0) is 17.9 Å². The van der Waals surface area contributed by atoms with Gasteiger partial charge in [-0.25, -0.2) is 4.39 Å². The molecule has 0 aliphatic rings. The molecule has 6 nitrogen and oxygen atoms in total. The van der Waals surface area contributed by atoms with Crippen LogP contribution < -0.4 is 10.1 Å². The second-order valence-electron chi connectivity index (χ2n) is 6.66. The molecular weight excluding hydrogens is 423 g/mol. The number of halogens is 1. The fourth-order valence-corrected chi connectivity index (χ4v) is 4.76. The third-order valence-electron chi connectivity index (χ3n) is 4.32. The molecule has 9 heteroatoms. The third kappa shape index (κ3) is 6.17. The first kappa shape index (κ1) is 22.0. The van der Waals surface area contributed by atoms with Gasteiger partial charge in [-0.2, -0.15) is 0 Å². The van der Waals surface area contributed by atoms with Gasteiger partial charge < -0.3 is 15.0 Å². The molecule has 1 amide bonds. The Labute approximate surface area is 183 Å². The molecule has 3 aromatic rings. The van der Waals surface area contributed by atoms with Gasteiger partial charge in [-0.3, -0.25) is 4.79 Å².